The highest BCUT2D eigenvalue weighted by molar-refractivity contribution is 6.19. The number of aromatic nitrogens is 8. The van der Waals surface area contributed by atoms with Crippen LogP contribution in [0.3, 0.4) is 0 Å². The van der Waals surface area contributed by atoms with Gasteiger partial charge in [-0.25, -0.2) is 19.9 Å². The summed E-state index contributed by atoms with van der Waals surface area (Å²) in [5, 5.41) is 9.42. The number of pyridine rings is 4. The molecule has 0 amide bonds. The van der Waals surface area contributed by atoms with E-state index in [0.29, 0.717) is 0 Å². The van der Waals surface area contributed by atoms with Gasteiger partial charge in [-0.1, -0.05) is 133 Å². The van der Waals surface area contributed by atoms with Crippen LogP contribution in [0.2, 0.25) is 0 Å². The van der Waals surface area contributed by atoms with Crippen molar-refractivity contribution < 1.29 is 0 Å². The normalized spacial score (nSPS) is 12.0. The summed E-state index contributed by atoms with van der Waals surface area (Å²) in [5.74, 6) is 3.31. The maximum absolute atomic E-state index is 5.40. The van der Waals surface area contributed by atoms with E-state index in [0.717, 1.165) is 112 Å². The van der Waals surface area contributed by atoms with Crippen LogP contribution < -0.4 is 0 Å². The first kappa shape index (κ1) is 38.4. The van der Waals surface area contributed by atoms with Crippen LogP contribution in [0.15, 0.2) is 231 Å². The number of para-hydroxylation sites is 6. The first-order valence-corrected chi connectivity index (χ1v) is 23.6. The fourth-order valence-corrected chi connectivity index (χ4v) is 11.0. The largest absolute Gasteiger partial charge is 0.294 e. The van der Waals surface area contributed by atoms with Gasteiger partial charge >= 0.3 is 0 Å². The van der Waals surface area contributed by atoms with Gasteiger partial charge in [-0.2, -0.15) is 0 Å². The Hall–Kier alpha value is -9.66. The molecule has 15 aromatic rings. The molecule has 0 aliphatic carbocycles. The monoisotopic (exact) mass is 894 g/mol. The Morgan fingerprint density at radius 3 is 0.686 bits per heavy atom. The Morgan fingerprint density at radius 2 is 0.414 bits per heavy atom. The molecule has 15 rings (SSSR count). The second kappa shape index (κ2) is 14.9. The fourth-order valence-electron chi connectivity index (χ4n) is 11.0. The average Bonchev–Trinajstić information content (AvgIpc) is 4.15. The molecule has 7 aromatic carbocycles. The summed E-state index contributed by atoms with van der Waals surface area (Å²) in [6.45, 7) is 0. The third-order valence-electron chi connectivity index (χ3n) is 14.0. The molecule has 0 saturated heterocycles. The summed E-state index contributed by atoms with van der Waals surface area (Å²) in [5.41, 5.74) is 11.9. The summed E-state index contributed by atoms with van der Waals surface area (Å²) in [6, 6.07) is 80.9. The highest BCUT2D eigenvalue weighted by atomic mass is 15.1. The molecule has 0 atom stereocenters. The molecule has 0 fully saturated rings. The van der Waals surface area contributed by atoms with Crippen molar-refractivity contribution in [3.05, 3.63) is 231 Å². The SMILES string of the molecule is c1cc(-c2cccc(-n3c4ccccc4c4cc5c6ccccc6n(-c6cccc(-c7cccc(-n8c9ccccc9c9ccccc98)n7)n6)c5cc43)n2)nc(-n2c3ccccc3c3ccccc32)c1. The van der Waals surface area contributed by atoms with Gasteiger partial charge in [0.25, 0.3) is 0 Å². The van der Waals surface area contributed by atoms with Crippen molar-refractivity contribution in [1.82, 2.24) is 38.2 Å². The predicted octanol–water partition coefficient (Wildman–Crippen LogP) is 15.0. The Bertz CT molecular complexity index is 4230. The lowest BCUT2D eigenvalue weighted by Crippen LogP contribution is -2.02. The average molecular weight is 895 g/mol. The molecule has 0 unspecified atom stereocenters. The van der Waals surface area contributed by atoms with Crippen LogP contribution in [0.5, 0.6) is 0 Å². The van der Waals surface area contributed by atoms with E-state index in [9.17, 15) is 0 Å². The lowest BCUT2D eigenvalue weighted by atomic mass is 10.1. The number of hydrogen-bond donors (Lipinski definition) is 0. The van der Waals surface area contributed by atoms with E-state index in [1.807, 2.05) is 0 Å². The van der Waals surface area contributed by atoms with Crippen molar-refractivity contribution in [3.8, 4) is 46.0 Å². The van der Waals surface area contributed by atoms with Crippen molar-refractivity contribution in [3.63, 3.8) is 0 Å². The van der Waals surface area contributed by atoms with E-state index in [1.54, 1.807) is 0 Å². The summed E-state index contributed by atoms with van der Waals surface area (Å²) in [7, 11) is 0. The number of nitrogens with zero attached hydrogens (tertiary/aromatic N) is 8. The molecule has 8 nitrogen and oxygen atoms in total. The smallest absolute Gasteiger partial charge is 0.138 e. The van der Waals surface area contributed by atoms with Crippen LogP contribution in [0.25, 0.3) is 133 Å². The van der Waals surface area contributed by atoms with Crippen LogP contribution in [-0.4, -0.2) is 38.2 Å². The molecular formula is C62H38N8. The first-order chi connectivity index (χ1) is 34.7. The molecule has 70 heavy (non-hydrogen) atoms. The standard InChI is InChI=1S/C62H38N8/c1-7-27-51-39(17-1)40-18-2-8-28-52(40)67(51)59-33-13-23-47(63-59)49-25-15-35-61(65-49)69-55-31-11-5-21-43(55)45-37-46-44-22-6-12-32-56(44)70(58(46)38-57(45)69)62-36-16-26-50(66-62)48-24-14-34-60(64-48)68-53-29-9-3-19-41(53)42-20-4-10-30-54(42)68/h1-38H. The summed E-state index contributed by atoms with van der Waals surface area (Å²) < 4.78 is 9.08. The fraction of sp³-hybridized carbons (Fsp3) is 0. The topological polar surface area (TPSA) is 71.3 Å². The summed E-state index contributed by atoms with van der Waals surface area (Å²) >= 11 is 0. The summed E-state index contributed by atoms with van der Waals surface area (Å²) in [4.78, 5) is 21.4. The first-order valence-electron chi connectivity index (χ1n) is 23.6. The predicted molar refractivity (Wildman–Crippen MR) is 286 cm³/mol. The Kier molecular flexibility index (Phi) is 8.20. The number of hydrogen-bond acceptors (Lipinski definition) is 4. The van der Waals surface area contributed by atoms with E-state index in [1.165, 1.54) is 21.5 Å². The lowest BCUT2D eigenvalue weighted by molar-refractivity contribution is 1.05. The molecule has 8 aromatic heterocycles. The third kappa shape index (κ3) is 5.64. The number of rotatable bonds is 6. The van der Waals surface area contributed by atoms with Crippen LogP contribution in [-0.2, 0) is 0 Å². The zero-order chi connectivity index (χ0) is 45.9. The zero-order valence-corrected chi connectivity index (χ0v) is 37.5. The van der Waals surface area contributed by atoms with Gasteiger partial charge in [-0.05, 0) is 97.1 Å². The third-order valence-corrected chi connectivity index (χ3v) is 14.0. The van der Waals surface area contributed by atoms with Gasteiger partial charge in [-0.15, -0.1) is 0 Å². The van der Waals surface area contributed by atoms with Crippen LogP contribution >= 0.6 is 0 Å². The lowest BCUT2D eigenvalue weighted by Gasteiger charge is -2.12. The molecule has 0 radical (unpaired) electrons. The summed E-state index contributed by atoms with van der Waals surface area (Å²) in [6.07, 6.45) is 0. The van der Waals surface area contributed by atoms with E-state index in [-0.39, 0.29) is 0 Å². The maximum atomic E-state index is 5.40. The van der Waals surface area contributed by atoms with E-state index >= 15 is 0 Å². The van der Waals surface area contributed by atoms with Crippen LogP contribution in [0, 0.1) is 0 Å². The van der Waals surface area contributed by atoms with E-state index < -0.39 is 0 Å². The molecule has 8 heterocycles. The molecule has 0 aliphatic rings. The minimum absolute atomic E-state index is 0.790. The van der Waals surface area contributed by atoms with Gasteiger partial charge in [0.2, 0.25) is 0 Å². The molecule has 8 heteroatoms. The molecule has 0 N–H and O–H groups in total. The van der Waals surface area contributed by atoms with Crippen molar-refractivity contribution >= 4 is 87.2 Å². The second-order valence-electron chi connectivity index (χ2n) is 17.9. The molecule has 326 valence electrons. The van der Waals surface area contributed by atoms with Crippen molar-refractivity contribution in [2.45, 2.75) is 0 Å². The van der Waals surface area contributed by atoms with Crippen molar-refractivity contribution in [2.75, 3.05) is 0 Å². The molecule has 0 saturated carbocycles. The van der Waals surface area contributed by atoms with E-state index in [2.05, 4.69) is 249 Å². The van der Waals surface area contributed by atoms with Crippen LogP contribution in [0.4, 0.5) is 0 Å². The maximum Gasteiger partial charge on any atom is 0.138 e. The minimum Gasteiger partial charge on any atom is -0.294 e. The molecule has 0 spiro atoms. The van der Waals surface area contributed by atoms with E-state index in [4.69, 9.17) is 19.9 Å². The van der Waals surface area contributed by atoms with Gasteiger partial charge in [0.15, 0.2) is 0 Å². The molecular weight excluding hydrogens is 857 g/mol. The van der Waals surface area contributed by atoms with Crippen LogP contribution in [0.1, 0.15) is 0 Å². The van der Waals surface area contributed by atoms with Gasteiger partial charge < -0.3 is 0 Å². The van der Waals surface area contributed by atoms with Crippen molar-refractivity contribution in [1.29, 1.82) is 0 Å². The second-order valence-corrected chi connectivity index (χ2v) is 17.9. The molecule has 0 bridgehead atoms. The van der Waals surface area contributed by atoms with Gasteiger partial charge in [-0.3, -0.25) is 18.3 Å². The number of benzene rings is 7. The minimum atomic E-state index is 0.790. The Balaban J connectivity index is 0.885. The quantitative estimate of drug-likeness (QED) is 0.167. The van der Waals surface area contributed by atoms with Gasteiger partial charge in [0, 0.05) is 43.1 Å². The van der Waals surface area contributed by atoms with Gasteiger partial charge in [0.1, 0.15) is 23.3 Å². The van der Waals surface area contributed by atoms with Gasteiger partial charge in [0.05, 0.1) is 66.9 Å². The highest BCUT2D eigenvalue weighted by Gasteiger charge is 2.21. The molecule has 0 aliphatic heterocycles. The Morgan fingerprint density at radius 1 is 0.186 bits per heavy atom. The highest BCUT2D eigenvalue weighted by Crippen LogP contribution is 2.40. The van der Waals surface area contributed by atoms with Crippen molar-refractivity contribution in [2.24, 2.45) is 0 Å². The Labute approximate surface area is 400 Å². The zero-order valence-electron chi connectivity index (χ0n) is 37.5. The number of fused-ring (bicyclic) bond motifs is 12.